The fraction of sp³-hybridized carbons (Fsp3) is 0.455. The monoisotopic (exact) mass is 474 g/mol. The molecule has 170 valence electrons. The van der Waals surface area contributed by atoms with Gasteiger partial charge in [-0.1, -0.05) is 17.8 Å². The molecule has 1 saturated heterocycles. The second kappa shape index (κ2) is 9.60. The Morgan fingerprint density at radius 1 is 1.41 bits per heavy atom. The average Bonchev–Trinajstić information content (AvgIpc) is 3.57. The van der Waals surface area contributed by atoms with Crippen LogP contribution in [0.15, 0.2) is 22.7 Å². The number of nitrogens with zero attached hydrogens (tertiary/aromatic N) is 3. The van der Waals surface area contributed by atoms with Crippen LogP contribution in [0.1, 0.15) is 51.9 Å². The normalized spacial score (nSPS) is 16.9. The maximum Gasteiger partial charge on any atom is 0.339 e. The Bertz CT molecular complexity index is 1110. The van der Waals surface area contributed by atoms with Crippen molar-refractivity contribution in [3.05, 3.63) is 40.0 Å². The van der Waals surface area contributed by atoms with E-state index in [1.807, 2.05) is 24.4 Å². The number of carbonyl (C=O) groups excluding carboxylic acids is 2. The van der Waals surface area contributed by atoms with Crippen LogP contribution >= 0.6 is 23.1 Å². The summed E-state index contributed by atoms with van der Waals surface area (Å²) in [4.78, 5) is 29.4. The summed E-state index contributed by atoms with van der Waals surface area (Å²) in [5.74, 6) is 0.236. The molecule has 0 aromatic carbocycles. The predicted octanol–water partition coefficient (Wildman–Crippen LogP) is 4.28. The van der Waals surface area contributed by atoms with E-state index in [-0.39, 0.29) is 11.9 Å². The summed E-state index contributed by atoms with van der Waals surface area (Å²) in [6.07, 6.45) is 2.16. The number of hydrogen-bond donors (Lipinski definition) is 1. The topological polar surface area (TPSA) is 99.1 Å². The molecule has 4 heterocycles. The lowest BCUT2D eigenvalue weighted by atomic mass is 10.1. The number of aromatic nitrogens is 4. The van der Waals surface area contributed by atoms with Crippen molar-refractivity contribution in [3.8, 4) is 10.7 Å². The predicted molar refractivity (Wildman–Crippen MR) is 124 cm³/mol. The molecule has 1 aliphatic rings. The second-order valence-corrected chi connectivity index (χ2v) is 10.0. The van der Waals surface area contributed by atoms with E-state index in [0.717, 1.165) is 30.2 Å². The minimum absolute atomic E-state index is 0.102. The van der Waals surface area contributed by atoms with Gasteiger partial charge in [0.25, 0.3) is 0 Å². The minimum Gasteiger partial charge on any atom is -0.465 e. The number of rotatable bonds is 8. The van der Waals surface area contributed by atoms with Crippen molar-refractivity contribution in [1.29, 1.82) is 0 Å². The molecular formula is C22H26N4O4S2. The van der Waals surface area contributed by atoms with Gasteiger partial charge < -0.3 is 14.5 Å². The fourth-order valence-corrected chi connectivity index (χ4v) is 5.57. The molecule has 1 aliphatic heterocycles. The number of hydrogen-bond acceptors (Lipinski definition) is 8. The number of carbonyl (C=O) groups is 2. The molecule has 3 aromatic heterocycles. The van der Waals surface area contributed by atoms with E-state index in [0.29, 0.717) is 34.2 Å². The summed E-state index contributed by atoms with van der Waals surface area (Å²) in [5.41, 5.74) is 2.06. The summed E-state index contributed by atoms with van der Waals surface area (Å²) in [6.45, 7) is 6.79. The number of nitrogens with one attached hydrogen (secondary N) is 1. The molecule has 0 bridgehead atoms. The van der Waals surface area contributed by atoms with E-state index < -0.39 is 11.2 Å². The summed E-state index contributed by atoms with van der Waals surface area (Å²) < 4.78 is 12.8. The highest BCUT2D eigenvalue weighted by Gasteiger charge is 2.28. The number of thiophene rings is 1. The van der Waals surface area contributed by atoms with Gasteiger partial charge in [0.1, 0.15) is 0 Å². The van der Waals surface area contributed by atoms with Crippen molar-refractivity contribution in [2.24, 2.45) is 0 Å². The van der Waals surface area contributed by atoms with Gasteiger partial charge in [-0.05, 0) is 50.6 Å². The van der Waals surface area contributed by atoms with E-state index in [1.165, 1.54) is 18.9 Å². The number of ketones is 1. The van der Waals surface area contributed by atoms with Crippen LogP contribution in [0.3, 0.4) is 0 Å². The Hall–Kier alpha value is -2.43. The first-order valence-corrected chi connectivity index (χ1v) is 12.2. The number of Topliss-reactive ketones (excluding diaryl/α,β-unsaturated/α-hetero) is 1. The molecule has 8 nitrogen and oxygen atoms in total. The van der Waals surface area contributed by atoms with Gasteiger partial charge >= 0.3 is 5.97 Å². The van der Waals surface area contributed by atoms with Crippen molar-refractivity contribution < 1.29 is 19.1 Å². The van der Waals surface area contributed by atoms with Gasteiger partial charge in [-0.15, -0.1) is 21.5 Å². The first-order valence-electron chi connectivity index (χ1n) is 10.5. The molecule has 0 amide bonds. The zero-order valence-electron chi connectivity index (χ0n) is 18.5. The average molecular weight is 475 g/mol. The molecule has 0 radical (unpaired) electrons. The molecule has 1 fully saturated rings. The van der Waals surface area contributed by atoms with Crippen LogP contribution in [-0.2, 0) is 16.0 Å². The Morgan fingerprint density at radius 3 is 2.88 bits per heavy atom. The highest BCUT2D eigenvalue weighted by Crippen LogP contribution is 2.32. The lowest BCUT2D eigenvalue weighted by Crippen LogP contribution is -2.19. The Labute approximate surface area is 194 Å². The summed E-state index contributed by atoms with van der Waals surface area (Å²) in [6, 6.07) is 4.00. The third-order valence-corrected chi connectivity index (χ3v) is 7.54. The van der Waals surface area contributed by atoms with E-state index in [4.69, 9.17) is 9.47 Å². The Kier molecular flexibility index (Phi) is 6.82. The summed E-state index contributed by atoms with van der Waals surface area (Å²) in [7, 11) is 1.33. The highest BCUT2D eigenvalue weighted by atomic mass is 32.2. The van der Waals surface area contributed by atoms with Gasteiger partial charge in [-0.25, -0.2) is 4.79 Å². The molecular weight excluding hydrogens is 448 g/mol. The number of thioether (sulfide) groups is 1. The second-order valence-electron chi connectivity index (χ2n) is 7.77. The molecule has 32 heavy (non-hydrogen) atoms. The fourth-order valence-electron chi connectivity index (χ4n) is 3.94. The smallest absolute Gasteiger partial charge is 0.339 e. The third-order valence-electron chi connectivity index (χ3n) is 5.59. The minimum atomic E-state index is -0.451. The maximum absolute atomic E-state index is 13.3. The van der Waals surface area contributed by atoms with E-state index in [1.54, 1.807) is 25.2 Å². The lowest BCUT2D eigenvalue weighted by molar-refractivity contribution is 0.0599. The number of aryl methyl sites for hydroxylation is 1. The Balaban J connectivity index is 1.60. The zero-order chi connectivity index (χ0) is 22.8. The molecule has 0 unspecified atom stereocenters. The highest BCUT2D eigenvalue weighted by molar-refractivity contribution is 8.00. The molecule has 10 heteroatoms. The first-order chi connectivity index (χ1) is 15.4. The van der Waals surface area contributed by atoms with E-state index in [9.17, 15) is 9.59 Å². The van der Waals surface area contributed by atoms with Crippen molar-refractivity contribution in [3.63, 3.8) is 0 Å². The van der Waals surface area contributed by atoms with Gasteiger partial charge in [0, 0.05) is 12.3 Å². The van der Waals surface area contributed by atoms with Gasteiger partial charge in [0.15, 0.2) is 16.8 Å². The first kappa shape index (κ1) is 22.8. The zero-order valence-corrected chi connectivity index (χ0v) is 20.1. The van der Waals surface area contributed by atoms with Crippen LogP contribution < -0.4 is 0 Å². The number of aromatic amines is 1. The van der Waals surface area contributed by atoms with Crippen LogP contribution in [-0.4, -0.2) is 56.6 Å². The van der Waals surface area contributed by atoms with Crippen molar-refractivity contribution in [2.75, 3.05) is 13.7 Å². The van der Waals surface area contributed by atoms with Gasteiger partial charge in [0.2, 0.25) is 0 Å². The molecule has 1 N–H and O–H groups in total. The molecule has 2 atom stereocenters. The number of esters is 1. The van der Waals surface area contributed by atoms with Crippen LogP contribution in [0.25, 0.3) is 10.7 Å². The van der Waals surface area contributed by atoms with Crippen LogP contribution in [0.4, 0.5) is 0 Å². The maximum atomic E-state index is 13.3. The van der Waals surface area contributed by atoms with E-state index in [2.05, 4.69) is 19.7 Å². The van der Waals surface area contributed by atoms with Crippen molar-refractivity contribution >= 4 is 34.9 Å². The molecule has 3 aromatic rings. The molecule has 0 aliphatic carbocycles. The van der Waals surface area contributed by atoms with Gasteiger partial charge in [-0.3, -0.25) is 9.36 Å². The molecule has 0 spiro atoms. The number of ether oxygens (including phenoxy) is 2. The largest absolute Gasteiger partial charge is 0.465 e. The number of H-pyrrole nitrogens is 1. The lowest BCUT2D eigenvalue weighted by Gasteiger charge is -2.16. The van der Waals surface area contributed by atoms with Crippen LogP contribution in [0.2, 0.25) is 0 Å². The third kappa shape index (κ3) is 4.39. The summed E-state index contributed by atoms with van der Waals surface area (Å²) in [5, 5.41) is 11.1. The molecule has 4 rings (SSSR count). The van der Waals surface area contributed by atoms with Crippen LogP contribution in [0, 0.1) is 13.8 Å². The number of methoxy groups -OCH3 is 1. The van der Waals surface area contributed by atoms with Crippen molar-refractivity contribution in [1.82, 2.24) is 19.7 Å². The van der Waals surface area contributed by atoms with Crippen molar-refractivity contribution in [2.45, 2.75) is 56.7 Å². The SMILES string of the molecule is COC(=O)c1c(C)[nH]c(C(=O)[C@@H](C)Sc2nnc(-c3cccs3)n2C[C@@H]2CCCO2)c1C. The molecule has 0 saturated carbocycles. The van der Waals surface area contributed by atoms with E-state index >= 15 is 0 Å². The standard InChI is InChI=1S/C22H26N4O4S2/c1-12-17(21(28)29-4)13(2)23-18(12)19(27)14(3)32-22-25-24-20(16-8-6-10-31-16)26(22)11-15-7-5-9-30-15/h6,8,10,14-15,23H,5,7,9,11H2,1-4H3/t14-,15+/m1/s1. The van der Waals surface area contributed by atoms with Gasteiger partial charge in [0.05, 0.1) is 41.1 Å². The van der Waals surface area contributed by atoms with Gasteiger partial charge in [-0.2, -0.15) is 0 Å². The summed E-state index contributed by atoms with van der Waals surface area (Å²) >= 11 is 2.97. The quantitative estimate of drug-likeness (QED) is 0.295. The van der Waals surface area contributed by atoms with Crippen LogP contribution in [0.5, 0.6) is 0 Å². The Morgan fingerprint density at radius 2 is 2.22 bits per heavy atom.